The van der Waals surface area contributed by atoms with E-state index < -0.39 is 17.7 Å². The second-order valence-corrected chi connectivity index (χ2v) is 8.01. The third kappa shape index (κ3) is 3.97. The Morgan fingerprint density at radius 1 is 1.16 bits per heavy atom. The van der Waals surface area contributed by atoms with Crippen molar-refractivity contribution in [3.05, 3.63) is 76.8 Å². The van der Waals surface area contributed by atoms with Gasteiger partial charge in [0.1, 0.15) is 17.3 Å². The van der Waals surface area contributed by atoms with Crippen molar-refractivity contribution in [2.24, 2.45) is 0 Å². The van der Waals surface area contributed by atoms with Crippen LogP contribution in [0, 0.1) is 0 Å². The molecule has 2 aromatic carbocycles. The van der Waals surface area contributed by atoms with Gasteiger partial charge in [-0.05, 0) is 36.2 Å². The summed E-state index contributed by atoms with van der Waals surface area (Å²) < 4.78 is 10.9. The molecule has 0 spiro atoms. The fourth-order valence-corrected chi connectivity index (χ4v) is 4.24. The number of thiazole rings is 1. The summed E-state index contributed by atoms with van der Waals surface area (Å²) in [5.41, 5.74) is 1.05. The number of ether oxygens (including phenoxy) is 2. The Labute approximate surface area is 189 Å². The summed E-state index contributed by atoms with van der Waals surface area (Å²) in [5.74, 6) is -0.545. The number of aliphatic hydroxyl groups excluding tert-OH is 1. The smallest absolute Gasteiger partial charge is 0.301 e. The van der Waals surface area contributed by atoms with Gasteiger partial charge in [-0.2, -0.15) is 0 Å². The molecule has 1 unspecified atom stereocenters. The normalized spacial score (nSPS) is 17.6. The van der Waals surface area contributed by atoms with Crippen LogP contribution in [0.15, 0.2) is 65.7 Å². The number of nitrogens with zero attached hydrogens (tertiary/aromatic N) is 2. The maximum Gasteiger partial charge on any atom is 0.301 e. The van der Waals surface area contributed by atoms with E-state index in [2.05, 4.69) is 4.98 Å². The van der Waals surface area contributed by atoms with Crippen LogP contribution in [0.4, 0.5) is 5.13 Å². The summed E-state index contributed by atoms with van der Waals surface area (Å²) >= 11 is 1.25. The largest absolute Gasteiger partial charge is 0.507 e. The van der Waals surface area contributed by atoms with Crippen molar-refractivity contribution in [2.75, 3.05) is 18.6 Å². The predicted octanol–water partition coefficient (Wildman–Crippen LogP) is 4.57. The molecule has 164 valence electrons. The molecule has 1 aliphatic rings. The molecule has 32 heavy (non-hydrogen) atoms. The number of anilines is 1. The highest BCUT2D eigenvalue weighted by atomic mass is 32.1. The Bertz CT molecular complexity index is 1160. The van der Waals surface area contributed by atoms with E-state index in [1.807, 2.05) is 6.92 Å². The molecular weight excluding hydrogens is 428 g/mol. The summed E-state index contributed by atoms with van der Waals surface area (Å²) in [7, 11) is 1.56. The topological polar surface area (TPSA) is 89.0 Å². The van der Waals surface area contributed by atoms with E-state index in [4.69, 9.17) is 9.47 Å². The summed E-state index contributed by atoms with van der Waals surface area (Å²) in [6.45, 7) is 2.53. The molecular formula is C24H22N2O5S. The monoisotopic (exact) mass is 450 g/mol. The van der Waals surface area contributed by atoms with E-state index >= 15 is 0 Å². The van der Waals surface area contributed by atoms with Crippen molar-refractivity contribution < 1.29 is 24.2 Å². The number of aliphatic hydroxyl groups is 1. The van der Waals surface area contributed by atoms with Crippen molar-refractivity contribution in [2.45, 2.75) is 19.4 Å². The maximum absolute atomic E-state index is 13.1. The van der Waals surface area contributed by atoms with Crippen molar-refractivity contribution >= 4 is 33.9 Å². The fourth-order valence-electron chi connectivity index (χ4n) is 3.57. The number of benzene rings is 2. The molecule has 1 fully saturated rings. The first-order valence-electron chi connectivity index (χ1n) is 10.1. The van der Waals surface area contributed by atoms with Crippen LogP contribution < -0.4 is 14.4 Å². The SMILES string of the molecule is CCCOc1cccc(C(O)=C2C(=O)C(=O)N(c3nccs3)C2c2ccc(OC)cc2)c1. The standard InChI is InChI=1S/C24H22N2O5S/c1-3-12-31-18-6-4-5-16(14-18)21(27)19-20(15-7-9-17(30-2)10-8-15)26(23(29)22(19)28)24-25-11-13-32-24/h4-11,13-14,20,27H,3,12H2,1-2H3. The zero-order valence-corrected chi connectivity index (χ0v) is 18.5. The van der Waals surface area contributed by atoms with Gasteiger partial charge in [0.15, 0.2) is 5.13 Å². The molecule has 4 rings (SSSR count). The Hall–Kier alpha value is -3.65. The predicted molar refractivity (Wildman–Crippen MR) is 122 cm³/mol. The molecule has 1 atom stereocenters. The number of amides is 1. The number of methoxy groups -OCH3 is 1. The lowest BCUT2D eigenvalue weighted by molar-refractivity contribution is -0.132. The molecule has 2 heterocycles. The van der Waals surface area contributed by atoms with Crippen LogP contribution in [-0.4, -0.2) is 35.5 Å². The summed E-state index contributed by atoms with van der Waals surface area (Å²) in [6.07, 6.45) is 2.41. The van der Waals surface area contributed by atoms with Crippen LogP contribution in [0.25, 0.3) is 5.76 Å². The van der Waals surface area contributed by atoms with Gasteiger partial charge < -0.3 is 14.6 Å². The van der Waals surface area contributed by atoms with Gasteiger partial charge in [0.2, 0.25) is 0 Å². The third-order valence-corrected chi connectivity index (χ3v) is 5.85. The zero-order chi connectivity index (χ0) is 22.7. The molecule has 1 amide bonds. The molecule has 1 aliphatic heterocycles. The average Bonchev–Trinajstić information content (AvgIpc) is 3.44. The lowest BCUT2D eigenvalue weighted by atomic mass is 9.95. The van der Waals surface area contributed by atoms with Gasteiger partial charge in [-0.25, -0.2) is 4.98 Å². The lowest BCUT2D eigenvalue weighted by Crippen LogP contribution is -2.29. The molecule has 8 heteroatoms. The van der Waals surface area contributed by atoms with Gasteiger partial charge in [0.05, 0.1) is 25.3 Å². The number of rotatable bonds is 7. The Balaban J connectivity index is 1.86. The first kappa shape index (κ1) is 21.6. The average molecular weight is 451 g/mol. The number of carbonyl (C=O) groups excluding carboxylic acids is 2. The van der Waals surface area contributed by atoms with E-state index in [1.165, 1.54) is 16.2 Å². The number of aromatic nitrogens is 1. The van der Waals surface area contributed by atoms with Crippen LogP contribution in [-0.2, 0) is 9.59 Å². The van der Waals surface area contributed by atoms with Gasteiger partial charge in [-0.3, -0.25) is 14.5 Å². The zero-order valence-electron chi connectivity index (χ0n) is 17.6. The minimum Gasteiger partial charge on any atom is -0.507 e. The summed E-state index contributed by atoms with van der Waals surface area (Å²) in [4.78, 5) is 31.7. The number of ketones is 1. The van der Waals surface area contributed by atoms with E-state index in [0.29, 0.717) is 34.4 Å². The highest BCUT2D eigenvalue weighted by Gasteiger charge is 2.48. The highest BCUT2D eigenvalue weighted by molar-refractivity contribution is 7.14. The molecule has 1 aromatic heterocycles. The maximum atomic E-state index is 13.1. The Kier molecular flexibility index (Phi) is 6.23. The second kappa shape index (κ2) is 9.23. The molecule has 0 aliphatic carbocycles. The van der Waals surface area contributed by atoms with Gasteiger partial charge in [-0.15, -0.1) is 11.3 Å². The molecule has 3 aromatic rings. The highest BCUT2D eigenvalue weighted by Crippen LogP contribution is 2.43. The quantitative estimate of drug-likeness (QED) is 0.322. The minimum atomic E-state index is -0.827. The van der Waals surface area contributed by atoms with Gasteiger partial charge >= 0.3 is 5.91 Å². The number of hydrogen-bond acceptors (Lipinski definition) is 7. The molecule has 0 bridgehead atoms. The third-order valence-electron chi connectivity index (χ3n) is 5.08. The van der Waals surface area contributed by atoms with Gasteiger partial charge in [0.25, 0.3) is 5.78 Å². The Morgan fingerprint density at radius 3 is 2.59 bits per heavy atom. The van der Waals surface area contributed by atoms with Crippen LogP contribution >= 0.6 is 11.3 Å². The molecule has 1 saturated heterocycles. The first-order chi connectivity index (χ1) is 15.5. The van der Waals surface area contributed by atoms with E-state index in [0.717, 1.165) is 6.42 Å². The van der Waals surface area contributed by atoms with E-state index in [1.54, 1.807) is 67.2 Å². The van der Waals surface area contributed by atoms with Crippen molar-refractivity contribution in [3.63, 3.8) is 0 Å². The number of Topliss-reactive ketones (excluding diaryl/α,β-unsaturated/α-hetero) is 1. The second-order valence-electron chi connectivity index (χ2n) is 7.13. The van der Waals surface area contributed by atoms with Crippen molar-refractivity contribution in [1.82, 2.24) is 4.98 Å². The Morgan fingerprint density at radius 2 is 1.94 bits per heavy atom. The van der Waals surface area contributed by atoms with Crippen molar-refractivity contribution in [3.8, 4) is 11.5 Å². The van der Waals surface area contributed by atoms with Crippen LogP contribution in [0.5, 0.6) is 11.5 Å². The molecule has 0 saturated carbocycles. The molecule has 0 radical (unpaired) electrons. The molecule has 1 N–H and O–H groups in total. The molecule has 7 nitrogen and oxygen atoms in total. The summed E-state index contributed by atoms with van der Waals surface area (Å²) in [5, 5.41) is 13.3. The minimum absolute atomic E-state index is 0.00279. The van der Waals surface area contributed by atoms with E-state index in [-0.39, 0.29) is 11.3 Å². The van der Waals surface area contributed by atoms with Crippen LogP contribution in [0.2, 0.25) is 0 Å². The van der Waals surface area contributed by atoms with Crippen molar-refractivity contribution in [1.29, 1.82) is 0 Å². The van der Waals surface area contributed by atoms with Crippen LogP contribution in [0.1, 0.15) is 30.5 Å². The van der Waals surface area contributed by atoms with Gasteiger partial charge in [-0.1, -0.05) is 31.2 Å². The first-order valence-corrected chi connectivity index (χ1v) is 11.0. The number of carbonyl (C=O) groups is 2. The fraction of sp³-hybridized carbons (Fsp3) is 0.208. The van der Waals surface area contributed by atoms with Gasteiger partial charge in [0, 0.05) is 17.1 Å². The lowest BCUT2D eigenvalue weighted by Gasteiger charge is -2.23. The number of hydrogen-bond donors (Lipinski definition) is 1. The van der Waals surface area contributed by atoms with E-state index in [9.17, 15) is 14.7 Å². The van der Waals surface area contributed by atoms with Crippen LogP contribution in [0.3, 0.4) is 0 Å². The summed E-state index contributed by atoms with van der Waals surface area (Å²) in [6, 6.07) is 13.1.